The smallest absolute Gasteiger partial charge is 0.352 e. The van der Waals surface area contributed by atoms with E-state index in [4.69, 9.17) is 0 Å². The maximum atomic E-state index is 13.0. The summed E-state index contributed by atoms with van der Waals surface area (Å²) in [6.07, 6.45) is -1.62. The fourth-order valence-corrected chi connectivity index (χ4v) is 1.91. The van der Waals surface area contributed by atoms with Gasteiger partial charge in [0.15, 0.2) is 0 Å². The molecular formula is C15H12F4N2O. The molecule has 2 aromatic rings. The molecule has 0 bridgehead atoms. The van der Waals surface area contributed by atoms with E-state index in [9.17, 15) is 22.4 Å². The Labute approximate surface area is 124 Å². The minimum absolute atomic E-state index is 0.0103. The standard InChI is InChI=1S/C15H12F4N2O/c16-12-4-3-11(13(7-12)15(17,18)19)9-21-14(22)6-10-2-1-5-20-8-10/h1-5,7-8H,6,9H2,(H,21,22). The molecule has 0 atom stereocenters. The normalized spacial score (nSPS) is 11.3. The first-order chi connectivity index (χ1) is 10.4. The summed E-state index contributed by atoms with van der Waals surface area (Å²) in [4.78, 5) is 15.6. The molecule has 7 heteroatoms. The molecule has 0 saturated heterocycles. The van der Waals surface area contributed by atoms with Gasteiger partial charge in [-0.05, 0) is 29.3 Å². The van der Waals surface area contributed by atoms with Crippen LogP contribution < -0.4 is 5.32 Å². The van der Waals surface area contributed by atoms with Crippen LogP contribution in [0.4, 0.5) is 17.6 Å². The van der Waals surface area contributed by atoms with Crippen molar-refractivity contribution in [2.45, 2.75) is 19.1 Å². The lowest BCUT2D eigenvalue weighted by atomic mass is 10.1. The number of nitrogens with one attached hydrogen (secondary N) is 1. The van der Waals surface area contributed by atoms with Crippen molar-refractivity contribution in [2.24, 2.45) is 0 Å². The Balaban J connectivity index is 2.04. The van der Waals surface area contributed by atoms with Crippen LogP contribution in [0.3, 0.4) is 0 Å². The summed E-state index contributed by atoms with van der Waals surface area (Å²) in [5.41, 5.74) is -0.627. The van der Waals surface area contributed by atoms with Crippen molar-refractivity contribution in [3.63, 3.8) is 0 Å². The molecule has 0 fully saturated rings. The van der Waals surface area contributed by atoms with E-state index in [1.807, 2.05) is 0 Å². The minimum atomic E-state index is -4.68. The second-order valence-electron chi connectivity index (χ2n) is 4.61. The number of pyridine rings is 1. The lowest BCUT2D eigenvalue weighted by Crippen LogP contribution is -2.26. The summed E-state index contributed by atoms with van der Waals surface area (Å²) in [6, 6.07) is 5.71. The Morgan fingerprint density at radius 1 is 1.23 bits per heavy atom. The van der Waals surface area contributed by atoms with Gasteiger partial charge in [0.1, 0.15) is 5.82 Å². The van der Waals surface area contributed by atoms with Crippen LogP contribution in [0.25, 0.3) is 0 Å². The fourth-order valence-electron chi connectivity index (χ4n) is 1.91. The van der Waals surface area contributed by atoms with Crippen LogP contribution in [0.5, 0.6) is 0 Å². The van der Waals surface area contributed by atoms with Crippen LogP contribution in [0.15, 0.2) is 42.7 Å². The number of alkyl halides is 3. The first kappa shape index (κ1) is 15.9. The van der Waals surface area contributed by atoms with E-state index in [2.05, 4.69) is 10.3 Å². The van der Waals surface area contributed by atoms with Crippen LogP contribution in [0.2, 0.25) is 0 Å². The van der Waals surface area contributed by atoms with Gasteiger partial charge in [-0.15, -0.1) is 0 Å². The van der Waals surface area contributed by atoms with E-state index >= 15 is 0 Å². The number of rotatable bonds is 4. The molecule has 1 N–H and O–H groups in total. The molecule has 0 unspecified atom stereocenters. The maximum Gasteiger partial charge on any atom is 0.416 e. The largest absolute Gasteiger partial charge is 0.416 e. The van der Waals surface area contributed by atoms with Gasteiger partial charge in [-0.2, -0.15) is 13.2 Å². The number of carbonyl (C=O) groups is 1. The van der Waals surface area contributed by atoms with Gasteiger partial charge >= 0.3 is 6.18 Å². The zero-order chi connectivity index (χ0) is 16.2. The Hall–Kier alpha value is -2.44. The van der Waals surface area contributed by atoms with Crippen molar-refractivity contribution in [3.8, 4) is 0 Å². The highest BCUT2D eigenvalue weighted by molar-refractivity contribution is 5.78. The number of hydrogen-bond donors (Lipinski definition) is 1. The van der Waals surface area contributed by atoms with Gasteiger partial charge in [0.05, 0.1) is 12.0 Å². The van der Waals surface area contributed by atoms with E-state index in [1.165, 1.54) is 6.20 Å². The van der Waals surface area contributed by atoms with Crippen molar-refractivity contribution >= 4 is 5.91 Å². The Kier molecular flexibility index (Phi) is 4.75. The molecule has 1 amide bonds. The second-order valence-corrected chi connectivity index (χ2v) is 4.61. The molecule has 0 radical (unpaired) electrons. The maximum absolute atomic E-state index is 13.0. The van der Waals surface area contributed by atoms with Gasteiger partial charge in [-0.3, -0.25) is 9.78 Å². The minimum Gasteiger partial charge on any atom is -0.352 e. The van der Waals surface area contributed by atoms with Crippen molar-refractivity contribution in [2.75, 3.05) is 0 Å². The SMILES string of the molecule is O=C(Cc1cccnc1)NCc1ccc(F)cc1C(F)(F)F. The molecule has 116 valence electrons. The molecule has 0 aliphatic carbocycles. The third-order valence-electron chi connectivity index (χ3n) is 2.94. The third-order valence-corrected chi connectivity index (χ3v) is 2.94. The van der Waals surface area contributed by atoms with Gasteiger partial charge in [-0.1, -0.05) is 12.1 Å². The van der Waals surface area contributed by atoms with Gasteiger partial charge in [0, 0.05) is 18.9 Å². The van der Waals surface area contributed by atoms with E-state index < -0.39 is 23.5 Å². The number of carbonyl (C=O) groups excluding carboxylic acids is 1. The zero-order valence-electron chi connectivity index (χ0n) is 11.3. The summed E-state index contributed by atoms with van der Waals surface area (Å²) < 4.78 is 51.4. The highest BCUT2D eigenvalue weighted by Crippen LogP contribution is 2.32. The third kappa shape index (κ3) is 4.28. The predicted octanol–water partition coefficient (Wildman–Crippen LogP) is 3.10. The van der Waals surface area contributed by atoms with Crippen molar-refractivity contribution in [3.05, 3.63) is 65.2 Å². The van der Waals surface area contributed by atoms with Crippen molar-refractivity contribution in [1.29, 1.82) is 0 Å². The van der Waals surface area contributed by atoms with E-state index in [-0.39, 0.29) is 18.5 Å². The molecule has 1 heterocycles. The first-order valence-corrected chi connectivity index (χ1v) is 6.37. The average Bonchev–Trinajstić information content (AvgIpc) is 2.46. The molecule has 3 nitrogen and oxygen atoms in total. The number of amides is 1. The summed E-state index contributed by atoms with van der Waals surface area (Å²) in [5, 5.41) is 2.39. The molecule has 2 rings (SSSR count). The molecule has 0 aliphatic rings. The summed E-state index contributed by atoms with van der Waals surface area (Å²) in [6.45, 7) is -0.325. The van der Waals surface area contributed by atoms with Gasteiger partial charge in [0.2, 0.25) is 5.91 Å². The number of aromatic nitrogens is 1. The predicted molar refractivity (Wildman–Crippen MR) is 71.2 cm³/mol. The zero-order valence-corrected chi connectivity index (χ0v) is 11.3. The topological polar surface area (TPSA) is 42.0 Å². The first-order valence-electron chi connectivity index (χ1n) is 6.37. The quantitative estimate of drug-likeness (QED) is 0.882. The van der Waals surface area contributed by atoms with Gasteiger partial charge in [-0.25, -0.2) is 4.39 Å². The lowest BCUT2D eigenvalue weighted by Gasteiger charge is -2.13. The monoisotopic (exact) mass is 312 g/mol. The molecule has 22 heavy (non-hydrogen) atoms. The Morgan fingerprint density at radius 3 is 2.64 bits per heavy atom. The average molecular weight is 312 g/mol. The molecule has 0 aliphatic heterocycles. The van der Waals surface area contributed by atoms with Crippen LogP contribution in [0.1, 0.15) is 16.7 Å². The van der Waals surface area contributed by atoms with Gasteiger partial charge in [0.25, 0.3) is 0 Å². The van der Waals surface area contributed by atoms with Crippen LogP contribution >= 0.6 is 0 Å². The Bertz CT molecular complexity index is 656. The highest BCUT2D eigenvalue weighted by atomic mass is 19.4. The van der Waals surface area contributed by atoms with Crippen LogP contribution in [0, 0.1) is 5.82 Å². The molecule has 1 aromatic heterocycles. The summed E-state index contributed by atoms with van der Waals surface area (Å²) in [5.74, 6) is -1.41. The summed E-state index contributed by atoms with van der Waals surface area (Å²) >= 11 is 0. The van der Waals surface area contributed by atoms with E-state index in [0.717, 1.165) is 12.1 Å². The van der Waals surface area contributed by atoms with Crippen molar-refractivity contribution < 1.29 is 22.4 Å². The van der Waals surface area contributed by atoms with Crippen molar-refractivity contribution in [1.82, 2.24) is 10.3 Å². The molecule has 0 saturated carbocycles. The van der Waals surface area contributed by atoms with Gasteiger partial charge < -0.3 is 5.32 Å². The van der Waals surface area contributed by atoms with E-state index in [0.29, 0.717) is 11.6 Å². The molecular weight excluding hydrogens is 300 g/mol. The highest BCUT2D eigenvalue weighted by Gasteiger charge is 2.33. The number of halogens is 4. The molecule has 1 aromatic carbocycles. The van der Waals surface area contributed by atoms with Crippen LogP contribution in [-0.2, 0) is 23.9 Å². The van der Waals surface area contributed by atoms with E-state index in [1.54, 1.807) is 18.3 Å². The number of benzene rings is 1. The molecule has 0 spiro atoms. The van der Waals surface area contributed by atoms with Crippen LogP contribution in [-0.4, -0.2) is 10.9 Å². The summed E-state index contributed by atoms with van der Waals surface area (Å²) in [7, 11) is 0. The fraction of sp³-hybridized carbons (Fsp3) is 0.200. The lowest BCUT2D eigenvalue weighted by molar-refractivity contribution is -0.138. The second kappa shape index (κ2) is 6.55. The Morgan fingerprint density at radius 2 is 2.00 bits per heavy atom. The number of nitrogens with zero attached hydrogens (tertiary/aromatic N) is 1. The number of hydrogen-bond acceptors (Lipinski definition) is 2.